The Morgan fingerprint density at radius 3 is 2.33 bits per heavy atom. The van der Waals surface area contributed by atoms with Crippen molar-refractivity contribution in [1.29, 1.82) is 0 Å². The van der Waals surface area contributed by atoms with Crippen LogP contribution in [0.15, 0.2) is 30.3 Å². The fourth-order valence-corrected chi connectivity index (χ4v) is 2.66. The molecule has 1 aliphatic rings. The van der Waals surface area contributed by atoms with Crippen molar-refractivity contribution in [3.63, 3.8) is 0 Å². The molecule has 1 amide bonds. The van der Waals surface area contributed by atoms with Crippen LogP contribution in [0.25, 0.3) is 0 Å². The molecule has 0 spiro atoms. The molecule has 3 rings (SSSR count). The summed E-state index contributed by atoms with van der Waals surface area (Å²) in [7, 11) is 2.92. The molecule has 2 aromatic rings. The Morgan fingerprint density at radius 2 is 1.70 bits per heavy atom. The zero-order valence-corrected chi connectivity index (χ0v) is 14.9. The Morgan fingerprint density at radius 1 is 1.00 bits per heavy atom. The van der Waals surface area contributed by atoms with Crippen LogP contribution in [-0.4, -0.2) is 39.3 Å². The summed E-state index contributed by atoms with van der Waals surface area (Å²) in [4.78, 5) is 24.2. The van der Waals surface area contributed by atoms with Crippen molar-refractivity contribution in [3.05, 3.63) is 41.5 Å². The smallest absolute Gasteiger partial charge is 0.259 e. The molecule has 0 atom stereocenters. The second kappa shape index (κ2) is 7.86. The molecule has 0 aliphatic carbocycles. The van der Waals surface area contributed by atoms with E-state index in [4.69, 9.17) is 18.9 Å². The lowest BCUT2D eigenvalue weighted by Gasteiger charge is -2.17. The second-order valence-corrected chi connectivity index (χ2v) is 5.70. The van der Waals surface area contributed by atoms with Gasteiger partial charge in [0.15, 0.2) is 11.5 Å². The number of nitrogens with one attached hydrogen (secondary N) is 1. The quantitative estimate of drug-likeness (QED) is 0.847. The Hall–Kier alpha value is -3.42. The highest BCUT2D eigenvalue weighted by molar-refractivity contribution is 6.09. The number of hydrogen-bond donors (Lipinski definition) is 1. The van der Waals surface area contributed by atoms with E-state index in [2.05, 4.69) is 5.32 Å². The predicted molar refractivity (Wildman–Crippen MR) is 93.9 cm³/mol. The number of ether oxygens (including phenoxy) is 4. The Labute approximate surface area is 155 Å². The van der Waals surface area contributed by atoms with Gasteiger partial charge in [0.2, 0.25) is 0 Å². The van der Waals surface area contributed by atoms with E-state index in [0.29, 0.717) is 36.9 Å². The molecular weight excluding hydrogens is 354 g/mol. The Balaban J connectivity index is 1.96. The minimum Gasteiger partial charge on any atom is -0.545 e. The summed E-state index contributed by atoms with van der Waals surface area (Å²) in [6.07, 6.45) is 0.667. The van der Waals surface area contributed by atoms with E-state index in [0.717, 1.165) is 0 Å². The number of methoxy groups -OCH3 is 2. The number of benzene rings is 2. The molecule has 0 fully saturated rings. The number of aromatic carboxylic acids is 1. The maximum atomic E-state index is 12.7. The Bertz CT molecular complexity index is 879. The monoisotopic (exact) mass is 372 g/mol. The van der Waals surface area contributed by atoms with Crippen LogP contribution in [0.2, 0.25) is 0 Å². The number of anilines is 1. The second-order valence-electron chi connectivity index (χ2n) is 5.70. The van der Waals surface area contributed by atoms with Gasteiger partial charge >= 0.3 is 0 Å². The number of hydrogen-bond acceptors (Lipinski definition) is 7. The molecule has 0 aromatic heterocycles. The van der Waals surface area contributed by atoms with Gasteiger partial charge in [-0.05, 0) is 18.2 Å². The number of fused-ring (bicyclic) bond motifs is 1. The van der Waals surface area contributed by atoms with Crippen LogP contribution in [0.3, 0.4) is 0 Å². The molecule has 1 heterocycles. The normalized spacial score (nSPS) is 12.7. The van der Waals surface area contributed by atoms with Crippen molar-refractivity contribution in [3.8, 4) is 23.0 Å². The first-order valence-electron chi connectivity index (χ1n) is 8.22. The van der Waals surface area contributed by atoms with Crippen LogP contribution in [0.4, 0.5) is 5.69 Å². The molecular formula is C19H18NO7-. The lowest BCUT2D eigenvalue weighted by molar-refractivity contribution is -0.254. The first kappa shape index (κ1) is 18.4. The van der Waals surface area contributed by atoms with Crippen molar-refractivity contribution in [2.24, 2.45) is 0 Å². The van der Waals surface area contributed by atoms with Crippen LogP contribution in [-0.2, 0) is 0 Å². The fraction of sp³-hybridized carbons (Fsp3) is 0.263. The van der Waals surface area contributed by atoms with Gasteiger partial charge in [0, 0.05) is 24.1 Å². The maximum Gasteiger partial charge on any atom is 0.259 e. The van der Waals surface area contributed by atoms with Crippen LogP contribution >= 0.6 is 0 Å². The SMILES string of the molecule is COc1ccc(C(=O)Nc2cc3c(cc2C(=O)[O-])OCCCO3)c(OC)c1. The topological polar surface area (TPSA) is 106 Å². The molecule has 0 saturated heterocycles. The molecule has 27 heavy (non-hydrogen) atoms. The van der Waals surface area contributed by atoms with Gasteiger partial charge in [-0.3, -0.25) is 4.79 Å². The van der Waals surface area contributed by atoms with E-state index in [1.165, 1.54) is 32.4 Å². The van der Waals surface area contributed by atoms with E-state index in [-0.39, 0.29) is 22.6 Å². The van der Waals surface area contributed by atoms with Crippen LogP contribution < -0.4 is 29.4 Å². The fourth-order valence-electron chi connectivity index (χ4n) is 2.66. The van der Waals surface area contributed by atoms with Crippen LogP contribution in [0.5, 0.6) is 23.0 Å². The van der Waals surface area contributed by atoms with Crippen molar-refractivity contribution in [2.45, 2.75) is 6.42 Å². The molecule has 0 radical (unpaired) electrons. The predicted octanol–water partition coefficient (Wildman–Crippen LogP) is 1.48. The summed E-state index contributed by atoms with van der Waals surface area (Å²) in [5.74, 6) is -0.527. The molecule has 0 unspecified atom stereocenters. The standard InChI is InChI=1S/C19H19NO7/c1-24-11-4-5-12(15(8-11)25-2)18(21)20-14-10-17-16(9-13(14)19(22)23)26-6-3-7-27-17/h4-5,8-10H,3,6-7H2,1-2H3,(H,20,21)(H,22,23)/p-1. The molecule has 1 N–H and O–H groups in total. The highest BCUT2D eigenvalue weighted by Gasteiger charge is 2.19. The molecule has 2 aromatic carbocycles. The maximum absolute atomic E-state index is 12.7. The summed E-state index contributed by atoms with van der Waals surface area (Å²) in [6.45, 7) is 0.839. The molecule has 8 nitrogen and oxygen atoms in total. The number of carbonyl (C=O) groups excluding carboxylic acids is 2. The highest BCUT2D eigenvalue weighted by Crippen LogP contribution is 2.35. The van der Waals surface area contributed by atoms with E-state index < -0.39 is 11.9 Å². The van der Waals surface area contributed by atoms with Crippen molar-refractivity contribution in [1.82, 2.24) is 0 Å². The first-order valence-corrected chi connectivity index (χ1v) is 8.22. The third-order valence-corrected chi connectivity index (χ3v) is 4.01. The van der Waals surface area contributed by atoms with Gasteiger partial charge in [-0.15, -0.1) is 0 Å². The van der Waals surface area contributed by atoms with E-state index >= 15 is 0 Å². The van der Waals surface area contributed by atoms with Gasteiger partial charge < -0.3 is 34.2 Å². The van der Waals surface area contributed by atoms with Gasteiger partial charge in [-0.2, -0.15) is 0 Å². The minimum atomic E-state index is -1.44. The summed E-state index contributed by atoms with van der Waals surface area (Å²) >= 11 is 0. The first-order chi connectivity index (χ1) is 13.0. The minimum absolute atomic E-state index is 0.0436. The Kier molecular flexibility index (Phi) is 5.35. The zero-order chi connectivity index (χ0) is 19.4. The zero-order valence-electron chi connectivity index (χ0n) is 14.9. The summed E-state index contributed by atoms with van der Waals surface area (Å²) in [5, 5.41) is 14.1. The van der Waals surface area contributed by atoms with Crippen molar-refractivity contribution >= 4 is 17.6 Å². The molecule has 142 valence electrons. The average Bonchev–Trinajstić information content (AvgIpc) is 2.91. The van der Waals surface area contributed by atoms with Crippen molar-refractivity contribution < 1.29 is 33.6 Å². The van der Waals surface area contributed by atoms with Gasteiger partial charge in [0.25, 0.3) is 5.91 Å². The highest BCUT2D eigenvalue weighted by atomic mass is 16.5. The van der Waals surface area contributed by atoms with Gasteiger partial charge in [-0.25, -0.2) is 0 Å². The van der Waals surface area contributed by atoms with E-state index in [9.17, 15) is 14.7 Å². The third-order valence-electron chi connectivity index (χ3n) is 4.01. The molecule has 0 bridgehead atoms. The van der Waals surface area contributed by atoms with Gasteiger partial charge in [0.05, 0.1) is 44.7 Å². The van der Waals surface area contributed by atoms with Gasteiger partial charge in [0.1, 0.15) is 11.5 Å². The molecule has 8 heteroatoms. The summed E-state index contributed by atoms with van der Waals surface area (Å²) in [5.41, 5.74) is 0.0527. The molecule has 1 aliphatic heterocycles. The third kappa shape index (κ3) is 3.89. The number of carboxylic acid groups (broad SMARTS) is 1. The van der Waals surface area contributed by atoms with Crippen molar-refractivity contribution in [2.75, 3.05) is 32.8 Å². The number of rotatable bonds is 5. The number of carbonyl (C=O) groups is 2. The van der Waals surface area contributed by atoms with E-state index in [1.54, 1.807) is 12.1 Å². The van der Waals surface area contributed by atoms with Crippen LogP contribution in [0.1, 0.15) is 27.1 Å². The summed E-state index contributed by atoms with van der Waals surface area (Å²) < 4.78 is 21.4. The van der Waals surface area contributed by atoms with E-state index in [1.807, 2.05) is 0 Å². The summed E-state index contributed by atoms with van der Waals surface area (Å²) in [6, 6.07) is 7.39. The van der Waals surface area contributed by atoms with Crippen LogP contribution in [0, 0.1) is 0 Å². The number of amides is 1. The average molecular weight is 372 g/mol. The lowest BCUT2D eigenvalue weighted by atomic mass is 10.1. The molecule has 0 saturated carbocycles. The largest absolute Gasteiger partial charge is 0.545 e. The van der Waals surface area contributed by atoms with Gasteiger partial charge in [-0.1, -0.05) is 0 Å². The lowest BCUT2D eigenvalue weighted by Crippen LogP contribution is -2.25. The number of carboxylic acids is 1.